The van der Waals surface area contributed by atoms with Crippen LogP contribution in [0.15, 0.2) is 48.5 Å². The summed E-state index contributed by atoms with van der Waals surface area (Å²) in [5, 5.41) is 23.5. The van der Waals surface area contributed by atoms with Crippen molar-refractivity contribution in [2.24, 2.45) is 5.41 Å². The topological polar surface area (TPSA) is 55.5 Å². The molecular weight excluding hydrogens is 336 g/mol. The Morgan fingerprint density at radius 3 is 2.56 bits per heavy atom. The highest BCUT2D eigenvalue weighted by Gasteiger charge is 2.34. The minimum Gasteiger partial charge on any atom is -0.395 e. The van der Waals surface area contributed by atoms with Gasteiger partial charge in [-0.15, -0.1) is 0 Å². The van der Waals surface area contributed by atoms with Crippen LogP contribution in [0.25, 0.3) is 0 Å². The van der Waals surface area contributed by atoms with Crippen molar-refractivity contribution in [1.82, 2.24) is 5.32 Å². The highest BCUT2D eigenvalue weighted by Crippen LogP contribution is 2.18. The van der Waals surface area contributed by atoms with Gasteiger partial charge in [-0.25, -0.2) is 4.58 Å². The lowest BCUT2D eigenvalue weighted by molar-refractivity contribution is -0.540. The van der Waals surface area contributed by atoms with Crippen molar-refractivity contribution in [3.63, 3.8) is 0 Å². The van der Waals surface area contributed by atoms with Crippen molar-refractivity contribution in [3.8, 4) is 0 Å². The molecule has 3 N–H and O–H groups in total. The summed E-state index contributed by atoms with van der Waals surface area (Å²) >= 11 is 0. The number of rotatable bonds is 9. The Labute approximate surface area is 162 Å². The standard InChI is InChI=1S/C23H31N2O2/c1-19-6-2-3-7-20(19)10-12-24-15-23(17-26,18-27)16-25-13-11-21-8-4-5-9-22(21)14-25/h2-9,14,24,26-27H,10-13,15-18H2,1H3/q+1. The normalized spacial score (nSPS) is 14.0. The molecule has 0 saturated carbocycles. The lowest BCUT2D eigenvalue weighted by atomic mass is 9.88. The molecule has 0 unspecified atom stereocenters. The molecule has 0 aliphatic carbocycles. The van der Waals surface area contributed by atoms with Gasteiger partial charge in [0.2, 0.25) is 0 Å². The average molecular weight is 368 g/mol. The summed E-state index contributed by atoms with van der Waals surface area (Å²) in [6, 6.07) is 16.8. The number of aryl methyl sites for hydroxylation is 1. The summed E-state index contributed by atoms with van der Waals surface area (Å²) in [5.41, 5.74) is 4.69. The zero-order valence-electron chi connectivity index (χ0n) is 16.2. The number of nitrogens with zero attached hydrogens (tertiary/aromatic N) is 1. The van der Waals surface area contributed by atoms with E-state index in [2.05, 4.69) is 71.6 Å². The van der Waals surface area contributed by atoms with Gasteiger partial charge in [0.1, 0.15) is 6.54 Å². The van der Waals surface area contributed by atoms with Gasteiger partial charge < -0.3 is 15.5 Å². The number of benzene rings is 2. The van der Waals surface area contributed by atoms with Crippen LogP contribution in [0.3, 0.4) is 0 Å². The maximum Gasteiger partial charge on any atom is 0.170 e. The van der Waals surface area contributed by atoms with Gasteiger partial charge in [0.25, 0.3) is 0 Å². The predicted molar refractivity (Wildman–Crippen MR) is 110 cm³/mol. The Hall–Kier alpha value is -2.01. The first kappa shape index (κ1) is 19.7. The highest BCUT2D eigenvalue weighted by molar-refractivity contribution is 5.78. The van der Waals surface area contributed by atoms with Gasteiger partial charge in [-0.1, -0.05) is 42.5 Å². The van der Waals surface area contributed by atoms with Crippen molar-refractivity contribution in [2.75, 3.05) is 39.4 Å². The van der Waals surface area contributed by atoms with E-state index in [0.29, 0.717) is 13.1 Å². The maximum atomic E-state index is 10.0. The molecule has 0 amide bonds. The molecule has 0 aromatic heterocycles. The molecular formula is C23H31N2O2+. The lowest BCUT2D eigenvalue weighted by Crippen LogP contribution is -2.48. The summed E-state index contributed by atoms with van der Waals surface area (Å²) in [7, 11) is 0. The molecule has 4 heteroatoms. The molecule has 0 spiro atoms. The second kappa shape index (κ2) is 9.27. The molecule has 2 aromatic rings. The number of hydrogen-bond acceptors (Lipinski definition) is 3. The number of fused-ring (bicyclic) bond motifs is 1. The molecule has 27 heavy (non-hydrogen) atoms. The Morgan fingerprint density at radius 2 is 1.78 bits per heavy atom. The molecule has 0 fully saturated rings. The van der Waals surface area contributed by atoms with Gasteiger partial charge in [-0.2, -0.15) is 0 Å². The molecule has 1 heterocycles. The molecule has 4 nitrogen and oxygen atoms in total. The third-order valence-electron chi connectivity index (χ3n) is 5.59. The fraction of sp³-hybridized carbons (Fsp3) is 0.435. The summed E-state index contributed by atoms with van der Waals surface area (Å²) < 4.78 is 2.23. The van der Waals surface area contributed by atoms with E-state index in [1.165, 1.54) is 22.3 Å². The monoisotopic (exact) mass is 367 g/mol. The van der Waals surface area contributed by atoms with Crippen molar-refractivity contribution in [2.45, 2.75) is 19.8 Å². The first-order valence-electron chi connectivity index (χ1n) is 9.79. The third kappa shape index (κ3) is 5.04. The number of nitrogens with one attached hydrogen (secondary N) is 1. The molecule has 3 rings (SSSR count). The van der Waals surface area contributed by atoms with Crippen LogP contribution >= 0.6 is 0 Å². The van der Waals surface area contributed by atoms with Crippen molar-refractivity contribution >= 4 is 6.21 Å². The average Bonchev–Trinajstić information content (AvgIpc) is 2.71. The minimum absolute atomic E-state index is 0.0349. The van der Waals surface area contributed by atoms with Crippen LogP contribution in [0.2, 0.25) is 0 Å². The van der Waals surface area contributed by atoms with Gasteiger partial charge in [-0.05, 0) is 42.6 Å². The molecule has 0 radical (unpaired) electrons. The van der Waals surface area contributed by atoms with Crippen LogP contribution in [0, 0.1) is 12.3 Å². The predicted octanol–water partition coefficient (Wildman–Crippen LogP) is 1.79. The van der Waals surface area contributed by atoms with E-state index < -0.39 is 5.41 Å². The van der Waals surface area contributed by atoms with Crippen LogP contribution in [0.5, 0.6) is 0 Å². The zero-order chi connectivity index (χ0) is 19.1. The Balaban J connectivity index is 1.59. The second-order valence-corrected chi connectivity index (χ2v) is 7.72. The summed E-state index contributed by atoms with van der Waals surface area (Å²) in [5.74, 6) is 0. The van der Waals surface area contributed by atoms with Gasteiger partial charge in [0.05, 0.1) is 18.6 Å². The van der Waals surface area contributed by atoms with E-state index in [1.54, 1.807) is 0 Å². The van der Waals surface area contributed by atoms with E-state index in [4.69, 9.17) is 0 Å². The summed E-state index contributed by atoms with van der Waals surface area (Å²) in [6.45, 7) is 5.05. The SMILES string of the molecule is Cc1ccccc1CCNCC(CO)(CO)C[N+]1=Cc2ccccc2CC1. The Bertz CT molecular complexity index is 781. The largest absolute Gasteiger partial charge is 0.395 e. The lowest BCUT2D eigenvalue weighted by Gasteiger charge is -2.29. The number of hydrogen-bond donors (Lipinski definition) is 3. The Morgan fingerprint density at radius 1 is 1.04 bits per heavy atom. The zero-order valence-corrected chi connectivity index (χ0v) is 16.2. The molecule has 1 aliphatic rings. The molecule has 2 aromatic carbocycles. The second-order valence-electron chi connectivity index (χ2n) is 7.72. The van der Waals surface area contributed by atoms with E-state index in [0.717, 1.165) is 25.9 Å². The summed E-state index contributed by atoms with van der Waals surface area (Å²) in [6.07, 6.45) is 4.11. The van der Waals surface area contributed by atoms with Gasteiger partial charge in [0.15, 0.2) is 12.8 Å². The van der Waals surface area contributed by atoms with Crippen LogP contribution in [-0.2, 0) is 12.8 Å². The van der Waals surface area contributed by atoms with E-state index in [1.807, 2.05) is 0 Å². The Kier molecular flexibility index (Phi) is 6.78. The molecule has 0 saturated heterocycles. The van der Waals surface area contributed by atoms with E-state index in [-0.39, 0.29) is 13.2 Å². The van der Waals surface area contributed by atoms with Crippen LogP contribution in [0.1, 0.15) is 22.3 Å². The van der Waals surface area contributed by atoms with Crippen molar-refractivity contribution in [3.05, 3.63) is 70.8 Å². The fourth-order valence-corrected chi connectivity index (χ4v) is 3.75. The fourth-order valence-electron chi connectivity index (χ4n) is 3.75. The van der Waals surface area contributed by atoms with E-state index in [9.17, 15) is 10.2 Å². The number of aliphatic hydroxyl groups is 2. The van der Waals surface area contributed by atoms with Crippen LogP contribution in [-0.4, -0.2) is 60.4 Å². The van der Waals surface area contributed by atoms with E-state index >= 15 is 0 Å². The van der Waals surface area contributed by atoms with Crippen molar-refractivity contribution in [1.29, 1.82) is 0 Å². The quantitative estimate of drug-likeness (QED) is 0.468. The molecule has 144 valence electrons. The first-order valence-corrected chi connectivity index (χ1v) is 9.79. The van der Waals surface area contributed by atoms with Gasteiger partial charge in [-0.3, -0.25) is 0 Å². The smallest absolute Gasteiger partial charge is 0.170 e. The highest BCUT2D eigenvalue weighted by atomic mass is 16.3. The van der Waals surface area contributed by atoms with Crippen molar-refractivity contribution < 1.29 is 14.8 Å². The number of aliphatic hydroxyl groups excluding tert-OH is 2. The molecule has 0 atom stereocenters. The summed E-state index contributed by atoms with van der Waals surface area (Å²) in [4.78, 5) is 0. The molecule has 1 aliphatic heterocycles. The molecule has 0 bridgehead atoms. The van der Waals surface area contributed by atoms with Gasteiger partial charge in [0, 0.05) is 18.5 Å². The first-order chi connectivity index (χ1) is 13.2. The maximum absolute atomic E-state index is 10.0. The van der Waals surface area contributed by atoms with Crippen LogP contribution < -0.4 is 5.32 Å². The third-order valence-corrected chi connectivity index (χ3v) is 5.59. The minimum atomic E-state index is -0.547. The van der Waals surface area contributed by atoms with Gasteiger partial charge >= 0.3 is 0 Å². The van der Waals surface area contributed by atoms with Crippen LogP contribution in [0.4, 0.5) is 0 Å².